The molecule has 7 N–H and O–H groups in total. The van der Waals surface area contributed by atoms with Crippen molar-refractivity contribution >= 4 is 93.7 Å². The number of aliphatic hydroxyl groups excluding tert-OH is 4. The van der Waals surface area contributed by atoms with Gasteiger partial charge in [-0.1, -0.05) is 61.0 Å². The second-order valence-electron chi connectivity index (χ2n) is 15.9. The monoisotopic (exact) mass is 1170 g/mol. The van der Waals surface area contributed by atoms with Crippen LogP contribution in [0.25, 0.3) is 11.1 Å². The van der Waals surface area contributed by atoms with Crippen LogP contribution in [0.4, 0.5) is 47.6 Å². The number of para-hydroxylation sites is 1. The van der Waals surface area contributed by atoms with Crippen molar-refractivity contribution in [3.8, 4) is 5.75 Å². The van der Waals surface area contributed by atoms with Gasteiger partial charge >= 0.3 is 24.5 Å². The van der Waals surface area contributed by atoms with Gasteiger partial charge < -0.3 is 35.4 Å². The van der Waals surface area contributed by atoms with Crippen LogP contribution < -0.4 is 20.7 Å². The maximum Gasteiger partial charge on any atom is 0.418 e. The first-order chi connectivity index (χ1) is 35.2. The van der Waals surface area contributed by atoms with Crippen LogP contribution in [0.3, 0.4) is 0 Å². The quantitative estimate of drug-likeness (QED) is 0.0433. The molecule has 15 nitrogen and oxygen atoms in total. The number of aromatic nitrogens is 4. The van der Waals surface area contributed by atoms with Gasteiger partial charge in [-0.05, 0) is 116 Å². The Balaban J connectivity index is 0.000000392. The second-order valence-corrected chi connectivity index (χ2v) is 17.5. The molecule has 0 aliphatic carbocycles. The highest BCUT2D eigenvalue weighted by Crippen LogP contribution is 2.32. The van der Waals surface area contributed by atoms with Crippen molar-refractivity contribution in [1.29, 1.82) is 0 Å². The number of alkyl halides is 8. The highest BCUT2D eigenvalue weighted by molar-refractivity contribution is 6.40. The predicted molar refractivity (Wildman–Crippen MR) is 285 cm³/mol. The molecule has 5 aromatic rings. The number of nitrogens with one attached hydrogen (secondary N) is 3. The first-order valence-electron chi connectivity index (χ1n) is 22.5. The number of benzene rings is 1. The van der Waals surface area contributed by atoms with Crippen LogP contribution in [0.5, 0.6) is 5.75 Å². The molecular weight excluding hydrogens is 1120 g/mol. The molecule has 416 valence electrons. The Hall–Kier alpha value is -5.33. The summed E-state index contributed by atoms with van der Waals surface area (Å²) in [6.07, 6.45) is 1.02. The number of carbonyl (C=O) groups is 2. The van der Waals surface area contributed by atoms with E-state index in [1.807, 2.05) is 12.1 Å². The third-order valence-electron chi connectivity index (χ3n) is 10.5. The summed E-state index contributed by atoms with van der Waals surface area (Å²) in [4.78, 5) is 41.3. The number of hydrogen-bond donors (Lipinski definition) is 7. The maximum absolute atomic E-state index is 12.6. The first-order valence-corrected chi connectivity index (χ1v) is 24.3. The average molecular weight is 1170 g/mol. The maximum atomic E-state index is 12.6. The zero-order chi connectivity index (χ0) is 54.3. The largest absolute Gasteiger partial charge is 0.418 e. The Bertz CT molecular complexity index is 2610. The summed E-state index contributed by atoms with van der Waals surface area (Å²) in [7, 11) is 0. The highest BCUT2D eigenvalue weighted by atomic mass is 35.5. The van der Waals surface area contributed by atoms with E-state index in [2.05, 4.69) is 42.0 Å². The van der Waals surface area contributed by atoms with E-state index < -0.39 is 47.8 Å². The van der Waals surface area contributed by atoms with E-state index >= 15 is 0 Å². The Morgan fingerprint density at radius 1 is 0.711 bits per heavy atom. The number of carbonyl (C=O) groups excluding carboxylic acids is 2. The number of pyridine rings is 4. The van der Waals surface area contributed by atoms with Gasteiger partial charge in [0.2, 0.25) is 0 Å². The zero-order valence-electron chi connectivity index (χ0n) is 39.6. The second kappa shape index (κ2) is 33.7. The SMILES string of the molecule is C.Cl.ClCCl.O=C(Nc1ccc(C(F)(F)F)cn1)N1CC=C(c2ncc(CC[C@H](O)CO)cc2Cl)CC1.O=C(Nc1ccc(C(F)(F)F)cn1)Oc1ccccc1.OC[C@@H](O)CCc1cnc(C2=CCNCC2)c(Cl)c1. The van der Waals surface area contributed by atoms with Gasteiger partial charge in [-0.25, -0.2) is 19.6 Å². The molecule has 0 saturated carbocycles. The van der Waals surface area contributed by atoms with E-state index in [0.717, 1.165) is 66.2 Å². The molecule has 7 rings (SSSR count). The van der Waals surface area contributed by atoms with E-state index in [0.29, 0.717) is 72.5 Å². The van der Waals surface area contributed by atoms with Crippen molar-refractivity contribution in [2.45, 2.75) is 70.5 Å². The summed E-state index contributed by atoms with van der Waals surface area (Å²) < 4.78 is 79.7. The minimum absolute atomic E-state index is 0. The van der Waals surface area contributed by atoms with E-state index in [4.69, 9.17) is 61.4 Å². The molecular formula is C50H57Cl5F6N8O7. The number of aryl methyl sites for hydroxylation is 2. The van der Waals surface area contributed by atoms with Gasteiger partial charge in [0.05, 0.1) is 63.3 Å². The minimum atomic E-state index is -4.49. The smallest absolute Gasteiger partial charge is 0.410 e. The summed E-state index contributed by atoms with van der Waals surface area (Å²) in [6, 6.07) is 15.3. The third-order valence-corrected chi connectivity index (χ3v) is 11.1. The van der Waals surface area contributed by atoms with Gasteiger partial charge in [-0.15, -0.1) is 35.6 Å². The fourth-order valence-corrected chi connectivity index (χ4v) is 7.26. The standard InChI is InChI=1S/C21H22ClF3N4O3.C14H19ClN2O2.C13H9F3N2O2.CH2Cl2.CH4.ClH/c22-17-9-13(1-3-16(31)12-30)10-27-19(17)14-5-7-29(8-6-14)20(32)28-18-4-2-15(11-26-18)21(23,24)25;15-13-7-10(1-2-12(19)9-18)8-17-14(13)11-3-5-16-6-4-11;14-13(15,16)9-6-7-11(17-8-9)18-12(19)20-10-4-2-1-3-5-10;2-1-3;;/h2,4-5,9-11,16,30-31H,1,3,6-8,12H2,(H,26,28,32);3,7-8,12,16,18-19H,1-2,4-6,9H2;1-8H,(H,17,18,19);1H2;1H4;1H/t16-;12-;;;;/m00..../s1. The molecule has 2 aliphatic heterocycles. The molecule has 4 aromatic heterocycles. The summed E-state index contributed by atoms with van der Waals surface area (Å²) in [5, 5.41) is 45.7. The van der Waals surface area contributed by atoms with E-state index in [1.54, 1.807) is 48.8 Å². The number of anilines is 2. The fourth-order valence-electron chi connectivity index (χ4n) is 6.64. The Kier molecular flexibility index (Phi) is 29.7. The Morgan fingerprint density at radius 2 is 1.20 bits per heavy atom. The normalized spacial score (nSPS) is 13.8. The van der Waals surface area contributed by atoms with Crippen LogP contribution in [0.2, 0.25) is 10.0 Å². The first kappa shape index (κ1) is 66.8. The van der Waals surface area contributed by atoms with Crippen LogP contribution >= 0.6 is 58.8 Å². The predicted octanol–water partition coefficient (Wildman–Crippen LogP) is 11.3. The number of rotatable bonds is 13. The minimum Gasteiger partial charge on any atom is -0.410 e. The van der Waals surface area contributed by atoms with Crippen LogP contribution in [-0.2, 0) is 25.2 Å². The lowest BCUT2D eigenvalue weighted by atomic mass is 10.0. The van der Waals surface area contributed by atoms with Gasteiger partial charge in [0.25, 0.3) is 0 Å². The van der Waals surface area contributed by atoms with Crippen molar-refractivity contribution in [2.75, 3.05) is 55.4 Å². The van der Waals surface area contributed by atoms with Crippen LogP contribution in [0.1, 0.15) is 66.8 Å². The number of ether oxygens (including phenoxy) is 1. The molecule has 0 spiro atoms. The topological polar surface area (TPSA) is 215 Å². The molecule has 2 atom stereocenters. The van der Waals surface area contributed by atoms with E-state index in [1.165, 1.54) is 10.5 Å². The lowest BCUT2D eigenvalue weighted by Crippen LogP contribution is -2.38. The molecule has 1 aromatic carbocycles. The zero-order valence-corrected chi connectivity index (χ0v) is 43.4. The van der Waals surface area contributed by atoms with Crippen molar-refractivity contribution in [3.63, 3.8) is 0 Å². The molecule has 26 heteroatoms. The average Bonchev–Trinajstić information content (AvgIpc) is 3.38. The lowest BCUT2D eigenvalue weighted by molar-refractivity contribution is -0.138. The van der Waals surface area contributed by atoms with Crippen molar-refractivity contribution < 1.29 is 61.1 Å². The summed E-state index contributed by atoms with van der Waals surface area (Å²) in [5.74, 6) is 0.320. The van der Waals surface area contributed by atoms with Gasteiger partial charge in [-0.2, -0.15) is 26.3 Å². The van der Waals surface area contributed by atoms with Crippen LogP contribution in [-0.4, -0.2) is 114 Å². The van der Waals surface area contributed by atoms with Gasteiger partial charge in [0.15, 0.2) is 0 Å². The number of hydrogen-bond acceptors (Lipinski definition) is 12. The van der Waals surface area contributed by atoms with Gasteiger partial charge in [-0.3, -0.25) is 20.6 Å². The van der Waals surface area contributed by atoms with Crippen LogP contribution in [0, 0.1) is 0 Å². The highest BCUT2D eigenvalue weighted by Gasteiger charge is 2.32. The molecule has 3 amide bonds. The van der Waals surface area contributed by atoms with Gasteiger partial charge in [0.1, 0.15) is 17.4 Å². The van der Waals surface area contributed by atoms with Crippen molar-refractivity contribution in [1.82, 2.24) is 30.2 Å². The van der Waals surface area contributed by atoms with Gasteiger partial charge in [0, 0.05) is 44.4 Å². The summed E-state index contributed by atoms with van der Waals surface area (Å²) >= 11 is 22.2. The summed E-state index contributed by atoms with van der Waals surface area (Å²) in [5.41, 5.74) is 3.58. The lowest BCUT2D eigenvalue weighted by Gasteiger charge is -2.26. The molecule has 0 unspecified atom stereocenters. The molecule has 76 heavy (non-hydrogen) atoms. The van der Waals surface area contributed by atoms with Crippen molar-refractivity contribution in [3.05, 3.63) is 147 Å². The number of urea groups is 1. The fraction of sp³-hybridized carbons (Fsp3) is 0.360. The molecule has 0 saturated heterocycles. The van der Waals surface area contributed by atoms with Crippen LogP contribution in [0.15, 0.2) is 104 Å². The molecule has 0 bridgehead atoms. The molecule has 0 radical (unpaired) electrons. The number of nitrogens with zero attached hydrogens (tertiary/aromatic N) is 5. The van der Waals surface area contributed by atoms with Crippen molar-refractivity contribution in [2.24, 2.45) is 0 Å². The molecule has 6 heterocycles. The summed E-state index contributed by atoms with van der Waals surface area (Å²) in [6.45, 7) is 1.96. The Labute approximate surface area is 461 Å². The van der Waals surface area contributed by atoms with E-state index in [-0.39, 0.29) is 56.6 Å². The third kappa shape index (κ3) is 23.1. The van der Waals surface area contributed by atoms with E-state index in [9.17, 15) is 46.1 Å². The number of halogens is 11. The Morgan fingerprint density at radius 3 is 1.59 bits per heavy atom. The molecule has 0 fully saturated rings. The number of aliphatic hydroxyl groups is 4. The number of amides is 3. The molecule has 2 aliphatic rings.